The summed E-state index contributed by atoms with van der Waals surface area (Å²) in [4.78, 5) is 20.1. The fraction of sp³-hybridized carbons (Fsp3) is 0.353. The quantitative estimate of drug-likeness (QED) is 0.851. The van der Waals surface area contributed by atoms with Gasteiger partial charge >= 0.3 is 0 Å². The van der Waals surface area contributed by atoms with Gasteiger partial charge in [-0.05, 0) is 38.0 Å². The van der Waals surface area contributed by atoms with E-state index >= 15 is 0 Å². The number of nitrogens with one attached hydrogen (secondary N) is 1. The first-order valence-electron chi connectivity index (χ1n) is 7.64. The second-order valence-electron chi connectivity index (χ2n) is 6.04. The molecule has 1 aliphatic rings. The lowest BCUT2D eigenvalue weighted by Gasteiger charge is -2.17. The average Bonchev–Trinajstić information content (AvgIpc) is 3.31. The molecule has 120 valence electrons. The molecule has 23 heavy (non-hydrogen) atoms. The average molecular weight is 312 g/mol. The van der Waals surface area contributed by atoms with Gasteiger partial charge in [-0.1, -0.05) is 18.2 Å². The summed E-state index contributed by atoms with van der Waals surface area (Å²) in [6.07, 6.45) is 2.09. The SMILES string of the molecule is Cc1cc(C(=O)NCC2(COc3ccccc3)CC2)nc(N)n1. The standard InChI is InChI=1S/C17H20N4O2/c1-12-9-14(21-16(18)20-12)15(22)19-10-17(7-8-17)11-23-13-5-3-2-4-6-13/h2-6,9H,7-8,10-11H2,1H3,(H,19,22)(H2,18,20,21). The number of nitrogen functional groups attached to an aromatic ring is 1. The van der Waals surface area contributed by atoms with Crippen LogP contribution in [-0.4, -0.2) is 29.0 Å². The van der Waals surface area contributed by atoms with Crippen molar-refractivity contribution in [2.75, 3.05) is 18.9 Å². The van der Waals surface area contributed by atoms with Gasteiger partial charge in [-0.15, -0.1) is 0 Å². The number of hydrogen-bond acceptors (Lipinski definition) is 5. The van der Waals surface area contributed by atoms with Crippen molar-refractivity contribution in [2.45, 2.75) is 19.8 Å². The Morgan fingerprint density at radius 3 is 2.70 bits per heavy atom. The van der Waals surface area contributed by atoms with Crippen molar-refractivity contribution < 1.29 is 9.53 Å². The van der Waals surface area contributed by atoms with Gasteiger partial charge in [-0.25, -0.2) is 9.97 Å². The van der Waals surface area contributed by atoms with Crippen LogP contribution in [0.3, 0.4) is 0 Å². The molecule has 6 heteroatoms. The number of aromatic nitrogens is 2. The first kappa shape index (κ1) is 15.3. The number of nitrogens with two attached hydrogens (primary N) is 1. The summed E-state index contributed by atoms with van der Waals surface area (Å²) in [6, 6.07) is 11.3. The number of amides is 1. The second kappa shape index (κ2) is 6.24. The predicted molar refractivity (Wildman–Crippen MR) is 87.1 cm³/mol. The van der Waals surface area contributed by atoms with Gasteiger partial charge in [0.15, 0.2) is 0 Å². The molecular weight excluding hydrogens is 292 g/mol. The van der Waals surface area contributed by atoms with Crippen LogP contribution in [0.2, 0.25) is 0 Å². The maximum atomic E-state index is 12.2. The molecule has 1 aliphatic carbocycles. The van der Waals surface area contributed by atoms with Crippen LogP contribution in [0.1, 0.15) is 29.0 Å². The van der Waals surface area contributed by atoms with Crippen LogP contribution in [0.25, 0.3) is 0 Å². The Bertz CT molecular complexity index is 679. The first-order chi connectivity index (χ1) is 11.1. The fourth-order valence-electron chi connectivity index (χ4n) is 2.37. The Balaban J connectivity index is 1.54. The Morgan fingerprint density at radius 1 is 1.30 bits per heavy atom. The molecule has 0 saturated heterocycles. The number of hydrogen-bond donors (Lipinski definition) is 2. The van der Waals surface area contributed by atoms with E-state index in [4.69, 9.17) is 10.5 Å². The molecular formula is C17H20N4O2. The molecule has 0 bridgehead atoms. The Hall–Kier alpha value is -2.63. The highest BCUT2D eigenvalue weighted by molar-refractivity contribution is 5.92. The largest absolute Gasteiger partial charge is 0.493 e. The second-order valence-corrected chi connectivity index (χ2v) is 6.04. The molecule has 2 aromatic rings. The molecule has 0 unspecified atom stereocenters. The van der Waals surface area contributed by atoms with Crippen molar-refractivity contribution in [1.29, 1.82) is 0 Å². The van der Waals surface area contributed by atoms with Crippen LogP contribution >= 0.6 is 0 Å². The van der Waals surface area contributed by atoms with E-state index in [1.165, 1.54) is 0 Å². The number of carbonyl (C=O) groups is 1. The number of aryl methyl sites for hydroxylation is 1. The van der Waals surface area contributed by atoms with E-state index in [1.807, 2.05) is 30.3 Å². The number of rotatable bonds is 6. The van der Waals surface area contributed by atoms with Crippen molar-refractivity contribution in [1.82, 2.24) is 15.3 Å². The van der Waals surface area contributed by atoms with Gasteiger partial charge in [0.05, 0.1) is 6.61 Å². The maximum Gasteiger partial charge on any atom is 0.270 e. The summed E-state index contributed by atoms with van der Waals surface area (Å²) in [5, 5.41) is 2.93. The van der Waals surface area contributed by atoms with Crippen LogP contribution in [0.15, 0.2) is 36.4 Å². The van der Waals surface area contributed by atoms with Gasteiger partial charge in [0.1, 0.15) is 11.4 Å². The Labute approximate surface area is 135 Å². The molecule has 6 nitrogen and oxygen atoms in total. The molecule has 0 spiro atoms. The molecule has 3 N–H and O–H groups in total. The van der Waals surface area contributed by atoms with E-state index in [2.05, 4.69) is 15.3 Å². The van der Waals surface area contributed by atoms with Gasteiger partial charge in [-0.3, -0.25) is 4.79 Å². The van der Waals surface area contributed by atoms with Crippen LogP contribution in [-0.2, 0) is 0 Å². The van der Waals surface area contributed by atoms with Crippen molar-refractivity contribution in [3.05, 3.63) is 47.8 Å². The monoisotopic (exact) mass is 312 g/mol. The van der Waals surface area contributed by atoms with Crippen molar-refractivity contribution in [3.8, 4) is 5.75 Å². The third-order valence-electron chi connectivity index (χ3n) is 3.97. The number of ether oxygens (including phenoxy) is 1. The zero-order valence-electron chi connectivity index (χ0n) is 13.1. The Kier molecular flexibility index (Phi) is 4.14. The zero-order chi connectivity index (χ0) is 16.3. The summed E-state index contributed by atoms with van der Waals surface area (Å²) in [7, 11) is 0. The molecule has 0 atom stereocenters. The Morgan fingerprint density at radius 2 is 2.04 bits per heavy atom. The third-order valence-corrected chi connectivity index (χ3v) is 3.97. The molecule has 3 rings (SSSR count). The van der Waals surface area contributed by atoms with Crippen molar-refractivity contribution in [2.24, 2.45) is 5.41 Å². The summed E-state index contributed by atoms with van der Waals surface area (Å²) < 4.78 is 5.81. The predicted octanol–water partition coefficient (Wildman–Crippen LogP) is 1.96. The van der Waals surface area contributed by atoms with Crippen molar-refractivity contribution >= 4 is 11.9 Å². The smallest absolute Gasteiger partial charge is 0.270 e. The highest BCUT2D eigenvalue weighted by atomic mass is 16.5. The lowest BCUT2D eigenvalue weighted by Crippen LogP contribution is -2.33. The van der Waals surface area contributed by atoms with Gasteiger partial charge in [0.2, 0.25) is 5.95 Å². The van der Waals surface area contributed by atoms with Gasteiger partial charge in [-0.2, -0.15) is 0 Å². The lowest BCUT2D eigenvalue weighted by molar-refractivity contribution is 0.0932. The van der Waals surface area contributed by atoms with Crippen LogP contribution < -0.4 is 15.8 Å². The minimum Gasteiger partial charge on any atom is -0.493 e. The molecule has 1 saturated carbocycles. The van der Waals surface area contributed by atoms with E-state index in [0.717, 1.165) is 18.6 Å². The number of benzene rings is 1. The fourth-order valence-corrected chi connectivity index (χ4v) is 2.37. The molecule has 0 aliphatic heterocycles. The molecule has 1 aromatic carbocycles. The van der Waals surface area contributed by atoms with Crippen LogP contribution in [0, 0.1) is 12.3 Å². The van der Waals surface area contributed by atoms with E-state index in [-0.39, 0.29) is 17.3 Å². The first-order valence-corrected chi connectivity index (χ1v) is 7.64. The summed E-state index contributed by atoms with van der Waals surface area (Å²) in [5.74, 6) is 0.737. The van der Waals surface area contributed by atoms with E-state index in [1.54, 1.807) is 13.0 Å². The number of anilines is 1. The lowest BCUT2D eigenvalue weighted by atomic mass is 10.1. The minimum absolute atomic E-state index is 0.0269. The minimum atomic E-state index is -0.229. The summed E-state index contributed by atoms with van der Waals surface area (Å²) in [5.41, 5.74) is 6.59. The zero-order valence-corrected chi connectivity index (χ0v) is 13.1. The molecule has 1 aromatic heterocycles. The number of para-hydroxylation sites is 1. The normalized spacial score (nSPS) is 15.0. The number of nitrogens with zero attached hydrogens (tertiary/aromatic N) is 2. The van der Waals surface area contributed by atoms with E-state index in [9.17, 15) is 4.79 Å². The maximum absolute atomic E-state index is 12.2. The molecule has 0 radical (unpaired) electrons. The van der Waals surface area contributed by atoms with Gasteiger partial charge in [0, 0.05) is 17.7 Å². The molecule has 1 heterocycles. The van der Waals surface area contributed by atoms with Gasteiger partial charge in [0.25, 0.3) is 5.91 Å². The van der Waals surface area contributed by atoms with Crippen LogP contribution in [0.5, 0.6) is 5.75 Å². The van der Waals surface area contributed by atoms with E-state index in [0.29, 0.717) is 24.5 Å². The highest BCUT2D eigenvalue weighted by Gasteiger charge is 2.43. The van der Waals surface area contributed by atoms with Crippen LogP contribution in [0.4, 0.5) is 5.95 Å². The third kappa shape index (κ3) is 3.97. The van der Waals surface area contributed by atoms with E-state index < -0.39 is 0 Å². The summed E-state index contributed by atoms with van der Waals surface area (Å²) in [6.45, 7) is 2.95. The summed E-state index contributed by atoms with van der Waals surface area (Å²) >= 11 is 0. The van der Waals surface area contributed by atoms with Crippen molar-refractivity contribution in [3.63, 3.8) is 0 Å². The molecule has 1 amide bonds. The molecule has 1 fully saturated rings. The number of carbonyl (C=O) groups excluding carboxylic acids is 1. The highest BCUT2D eigenvalue weighted by Crippen LogP contribution is 2.45. The topological polar surface area (TPSA) is 90.1 Å². The van der Waals surface area contributed by atoms with Gasteiger partial charge < -0.3 is 15.8 Å².